The first kappa shape index (κ1) is 21.8. The standard InChI is InChI=1S/C26H27N7O/c1-20-27-13-16-32(20)25-17-24(29-19-30-25)31-14-10-22(11-15-31)26(34)33(23-9-5-6-12-28-23)18-21-7-3-2-4-8-21/h2-9,12-13,16-17,19,22H,10-11,14-15,18H2,1H3. The van der Waals surface area contributed by atoms with Gasteiger partial charge in [0.15, 0.2) is 0 Å². The second-order valence-corrected chi connectivity index (χ2v) is 8.44. The molecule has 0 bridgehead atoms. The number of hydrogen-bond acceptors (Lipinski definition) is 6. The van der Waals surface area contributed by atoms with Crippen LogP contribution in [0.15, 0.2) is 79.5 Å². The molecule has 8 nitrogen and oxygen atoms in total. The Hall–Kier alpha value is -4.07. The molecule has 0 aliphatic carbocycles. The number of nitrogens with zero attached hydrogens (tertiary/aromatic N) is 7. The Morgan fingerprint density at radius 3 is 2.41 bits per heavy atom. The van der Waals surface area contributed by atoms with Crippen LogP contribution < -0.4 is 9.80 Å². The molecule has 0 unspecified atom stereocenters. The van der Waals surface area contributed by atoms with Gasteiger partial charge in [0.2, 0.25) is 5.91 Å². The van der Waals surface area contributed by atoms with Crippen LogP contribution in [-0.4, -0.2) is 43.5 Å². The summed E-state index contributed by atoms with van der Waals surface area (Å²) in [7, 11) is 0. The molecule has 0 spiro atoms. The number of rotatable bonds is 6. The van der Waals surface area contributed by atoms with Crippen LogP contribution in [0.1, 0.15) is 24.2 Å². The van der Waals surface area contributed by atoms with Gasteiger partial charge >= 0.3 is 0 Å². The van der Waals surface area contributed by atoms with E-state index < -0.39 is 0 Å². The molecule has 172 valence electrons. The zero-order valence-corrected chi connectivity index (χ0v) is 19.2. The molecule has 3 aromatic heterocycles. The number of carbonyl (C=O) groups is 1. The van der Waals surface area contributed by atoms with Gasteiger partial charge in [-0.05, 0) is 37.5 Å². The van der Waals surface area contributed by atoms with Gasteiger partial charge in [0.1, 0.15) is 29.6 Å². The number of aromatic nitrogens is 5. The van der Waals surface area contributed by atoms with Gasteiger partial charge in [-0.15, -0.1) is 0 Å². The second kappa shape index (κ2) is 9.82. The van der Waals surface area contributed by atoms with Crippen LogP contribution >= 0.6 is 0 Å². The maximum Gasteiger partial charge on any atom is 0.231 e. The smallest absolute Gasteiger partial charge is 0.231 e. The summed E-state index contributed by atoms with van der Waals surface area (Å²) in [5.74, 6) is 3.30. The number of carbonyl (C=O) groups excluding carboxylic acids is 1. The molecule has 1 saturated heterocycles. The monoisotopic (exact) mass is 453 g/mol. The molecule has 8 heteroatoms. The Morgan fingerprint density at radius 2 is 1.71 bits per heavy atom. The number of hydrogen-bond donors (Lipinski definition) is 0. The minimum absolute atomic E-state index is 0.0563. The quantitative estimate of drug-likeness (QED) is 0.442. The normalized spacial score (nSPS) is 14.2. The fraction of sp³-hybridized carbons (Fsp3) is 0.269. The first-order valence-electron chi connectivity index (χ1n) is 11.5. The summed E-state index contributed by atoms with van der Waals surface area (Å²) in [6.45, 7) is 3.98. The third-order valence-electron chi connectivity index (χ3n) is 6.25. The SMILES string of the molecule is Cc1nccn1-c1cc(N2CCC(C(=O)N(Cc3ccccc3)c3ccccn3)CC2)ncn1. The zero-order chi connectivity index (χ0) is 23.3. The number of imidazole rings is 1. The van der Waals surface area contributed by atoms with E-state index >= 15 is 0 Å². The molecule has 5 rings (SSSR count). The van der Waals surface area contributed by atoms with Gasteiger partial charge in [0, 0.05) is 43.7 Å². The lowest BCUT2D eigenvalue weighted by atomic mass is 9.95. The van der Waals surface area contributed by atoms with Crippen molar-refractivity contribution < 1.29 is 4.79 Å². The number of piperidine rings is 1. The van der Waals surface area contributed by atoms with Gasteiger partial charge in [0.05, 0.1) is 6.54 Å². The van der Waals surface area contributed by atoms with E-state index in [0.717, 1.165) is 49.0 Å². The van der Waals surface area contributed by atoms with Crippen LogP contribution in [0.2, 0.25) is 0 Å². The van der Waals surface area contributed by atoms with E-state index in [1.54, 1.807) is 18.7 Å². The van der Waals surface area contributed by atoms with E-state index in [0.29, 0.717) is 12.4 Å². The second-order valence-electron chi connectivity index (χ2n) is 8.44. The lowest BCUT2D eigenvalue weighted by Gasteiger charge is -2.34. The van der Waals surface area contributed by atoms with Gasteiger partial charge < -0.3 is 4.90 Å². The van der Waals surface area contributed by atoms with Gasteiger partial charge in [-0.2, -0.15) is 0 Å². The van der Waals surface area contributed by atoms with Crippen LogP contribution in [0.4, 0.5) is 11.6 Å². The van der Waals surface area contributed by atoms with Crippen molar-refractivity contribution in [2.24, 2.45) is 5.92 Å². The predicted molar refractivity (Wildman–Crippen MR) is 131 cm³/mol. The minimum Gasteiger partial charge on any atom is -0.356 e. The van der Waals surface area contributed by atoms with Crippen molar-refractivity contribution >= 4 is 17.5 Å². The van der Waals surface area contributed by atoms with E-state index in [-0.39, 0.29) is 11.8 Å². The molecule has 1 aliphatic heterocycles. The summed E-state index contributed by atoms with van der Waals surface area (Å²) in [5.41, 5.74) is 1.09. The Morgan fingerprint density at radius 1 is 0.941 bits per heavy atom. The highest BCUT2D eigenvalue weighted by Crippen LogP contribution is 2.27. The lowest BCUT2D eigenvalue weighted by Crippen LogP contribution is -2.43. The first-order chi connectivity index (χ1) is 16.7. The van der Waals surface area contributed by atoms with Gasteiger partial charge in [-0.1, -0.05) is 36.4 Å². The molecular formula is C26H27N7O. The molecule has 34 heavy (non-hydrogen) atoms. The molecule has 0 radical (unpaired) electrons. The van der Waals surface area contributed by atoms with Crippen molar-refractivity contribution in [1.82, 2.24) is 24.5 Å². The van der Waals surface area contributed by atoms with Crippen LogP contribution in [0.3, 0.4) is 0 Å². The summed E-state index contributed by atoms with van der Waals surface area (Å²) in [6, 6.07) is 17.7. The van der Waals surface area contributed by atoms with Crippen LogP contribution in [0.5, 0.6) is 0 Å². The number of aryl methyl sites for hydroxylation is 1. The third kappa shape index (κ3) is 4.66. The average molecular weight is 454 g/mol. The van der Waals surface area contributed by atoms with Crippen LogP contribution in [0, 0.1) is 12.8 Å². The highest BCUT2D eigenvalue weighted by atomic mass is 16.2. The Bertz CT molecular complexity index is 1230. The topological polar surface area (TPSA) is 80.0 Å². The van der Waals surface area contributed by atoms with Gasteiger partial charge in [-0.25, -0.2) is 19.9 Å². The molecule has 1 amide bonds. The Kier molecular flexibility index (Phi) is 6.29. The first-order valence-corrected chi connectivity index (χ1v) is 11.5. The summed E-state index contributed by atoms with van der Waals surface area (Å²) in [6.07, 6.45) is 8.50. The van der Waals surface area contributed by atoms with E-state index in [9.17, 15) is 4.79 Å². The van der Waals surface area contributed by atoms with Gasteiger partial charge in [-0.3, -0.25) is 14.3 Å². The summed E-state index contributed by atoms with van der Waals surface area (Å²) in [4.78, 5) is 35.3. The summed E-state index contributed by atoms with van der Waals surface area (Å²) >= 11 is 0. The van der Waals surface area contributed by atoms with E-state index in [1.165, 1.54) is 0 Å². The fourth-order valence-electron chi connectivity index (χ4n) is 4.39. The minimum atomic E-state index is -0.0563. The molecule has 1 fully saturated rings. The van der Waals surface area contributed by atoms with Crippen molar-refractivity contribution in [1.29, 1.82) is 0 Å². The molecule has 4 aromatic rings. The van der Waals surface area contributed by atoms with Gasteiger partial charge in [0.25, 0.3) is 0 Å². The Labute approximate surface area is 198 Å². The zero-order valence-electron chi connectivity index (χ0n) is 19.2. The van der Waals surface area contributed by atoms with E-state index in [4.69, 9.17) is 0 Å². The number of anilines is 2. The maximum absolute atomic E-state index is 13.6. The molecule has 4 heterocycles. The Balaban J connectivity index is 1.29. The third-order valence-corrected chi connectivity index (χ3v) is 6.25. The maximum atomic E-state index is 13.6. The van der Waals surface area contributed by atoms with Crippen molar-refractivity contribution in [3.05, 3.63) is 90.9 Å². The van der Waals surface area contributed by atoms with Crippen molar-refractivity contribution in [3.8, 4) is 5.82 Å². The number of benzene rings is 1. The van der Waals surface area contributed by atoms with Crippen molar-refractivity contribution in [2.45, 2.75) is 26.3 Å². The van der Waals surface area contributed by atoms with E-state index in [2.05, 4.69) is 24.8 Å². The predicted octanol–water partition coefficient (Wildman–Crippen LogP) is 3.82. The highest BCUT2D eigenvalue weighted by molar-refractivity contribution is 5.94. The molecule has 1 aromatic carbocycles. The van der Waals surface area contributed by atoms with Crippen molar-refractivity contribution in [3.63, 3.8) is 0 Å². The van der Waals surface area contributed by atoms with Crippen LogP contribution in [0.25, 0.3) is 5.82 Å². The number of amides is 1. The van der Waals surface area contributed by atoms with Crippen molar-refractivity contribution in [2.75, 3.05) is 22.9 Å². The molecule has 0 atom stereocenters. The molecule has 0 N–H and O–H groups in total. The lowest BCUT2D eigenvalue weighted by molar-refractivity contribution is -0.123. The molecule has 0 saturated carbocycles. The summed E-state index contributed by atoms with van der Waals surface area (Å²) < 4.78 is 1.94. The van der Waals surface area contributed by atoms with Crippen LogP contribution in [-0.2, 0) is 11.3 Å². The average Bonchev–Trinajstić information content (AvgIpc) is 3.34. The fourth-order valence-corrected chi connectivity index (χ4v) is 4.39. The summed E-state index contributed by atoms with van der Waals surface area (Å²) in [5, 5.41) is 0. The molecular weight excluding hydrogens is 426 g/mol. The molecule has 1 aliphatic rings. The van der Waals surface area contributed by atoms with E-state index in [1.807, 2.05) is 77.2 Å². The largest absolute Gasteiger partial charge is 0.356 e. The highest BCUT2D eigenvalue weighted by Gasteiger charge is 2.30. The number of pyridine rings is 1.